The first-order chi connectivity index (χ1) is 9.37. The van der Waals surface area contributed by atoms with Crippen molar-refractivity contribution < 1.29 is 22.7 Å². The van der Waals surface area contributed by atoms with Crippen LogP contribution in [0.2, 0.25) is 0 Å². The van der Waals surface area contributed by atoms with Gasteiger partial charge in [-0.1, -0.05) is 6.07 Å². The lowest BCUT2D eigenvalue weighted by molar-refractivity contribution is -0.148. The van der Waals surface area contributed by atoms with E-state index in [1.807, 2.05) is 0 Å². The molecule has 3 nitrogen and oxygen atoms in total. The van der Waals surface area contributed by atoms with E-state index in [1.165, 1.54) is 6.07 Å². The van der Waals surface area contributed by atoms with Gasteiger partial charge in [0.1, 0.15) is 0 Å². The third kappa shape index (κ3) is 3.83. The minimum absolute atomic E-state index is 0.236. The van der Waals surface area contributed by atoms with Crippen molar-refractivity contribution in [3.63, 3.8) is 0 Å². The van der Waals surface area contributed by atoms with Gasteiger partial charge in [0.05, 0.1) is 6.42 Å². The van der Waals surface area contributed by atoms with Gasteiger partial charge in [0, 0.05) is 32.2 Å². The van der Waals surface area contributed by atoms with E-state index in [0.717, 1.165) is 12.1 Å². The summed E-state index contributed by atoms with van der Waals surface area (Å²) >= 11 is 0. The van der Waals surface area contributed by atoms with Crippen molar-refractivity contribution in [1.82, 2.24) is 10.2 Å². The van der Waals surface area contributed by atoms with Crippen LogP contribution in [0.25, 0.3) is 0 Å². The van der Waals surface area contributed by atoms with Gasteiger partial charge in [-0.05, 0) is 17.7 Å². The fraction of sp³-hybridized carbons (Fsp3) is 0.538. The topological polar surface area (TPSA) is 35.5 Å². The van der Waals surface area contributed by atoms with Crippen molar-refractivity contribution in [3.8, 4) is 5.75 Å². The highest BCUT2D eigenvalue weighted by atomic mass is 19.4. The van der Waals surface area contributed by atoms with Crippen LogP contribution in [-0.2, 0) is 0 Å². The lowest BCUT2D eigenvalue weighted by Crippen LogP contribution is -2.46. The standard InChI is InChI=1S/C13H16F4N2O/c14-10-7-9(1-2-12(10)20)11(8-13(15,16)17)19-5-3-18-4-6-19/h1-2,7,11,18,20H,3-6,8H2/t11-/m0/s1. The zero-order valence-electron chi connectivity index (χ0n) is 10.8. The Balaban J connectivity index is 2.26. The Morgan fingerprint density at radius 2 is 1.90 bits per heavy atom. The minimum atomic E-state index is -4.33. The third-order valence-electron chi connectivity index (χ3n) is 3.37. The van der Waals surface area contributed by atoms with E-state index in [1.54, 1.807) is 4.90 Å². The van der Waals surface area contributed by atoms with E-state index in [2.05, 4.69) is 5.32 Å². The van der Waals surface area contributed by atoms with Crippen LogP contribution in [-0.4, -0.2) is 42.4 Å². The molecule has 0 saturated carbocycles. The van der Waals surface area contributed by atoms with Crippen LogP contribution in [0.15, 0.2) is 18.2 Å². The molecule has 1 aromatic rings. The number of nitrogens with zero attached hydrogens (tertiary/aromatic N) is 1. The number of hydrogen-bond donors (Lipinski definition) is 2. The number of phenols is 1. The summed E-state index contributed by atoms with van der Waals surface area (Å²) in [5.41, 5.74) is 0.236. The number of alkyl halides is 3. The SMILES string of the molecule is Oc1ccc([C@H](CC(F)(F)F)N2CCNCC2)cc1F. The van der Waals surface area contributed by atoms with Crippen LogP contribution in [0, 0.1) is 5.82 Å². The molecule has 20 heavy (non-hydrogen) atoms. The second-order valence-corrected chi connectivity index (χ2v) is 4.83. The Morgan fingerprint density at radius 1 is 1.25 bits per heavy atom. The molecule has 7 heteroatoms. The van der Waals surface area contributed by atoms with Gasteiger partial charge in [-0.15, -0.1) is 0 Å². The molecule has 1 aromatic carbocycles. The molecule has 0 aromatic heterocycles. The second-order valence-electron chi connectivity index (χ2n) is 4.83. The molecule has 1 fully saturated rings. The molecule has 0 bridgehead atoms. The van der Waals surface area contributed by atoms with E-state index < -0.39 is 30.2 Å². The summed E-state index contributed by atoms with van der Waals surface area (Å²) in [5.74, 6) is -1.45. The number of halogens is 4. The lowest BCUT2D eigenvalue weighted by Gasteiger charge is -2.35. The average Bonchev–Trinajstić information content (AvgIpc) is 2.39. The van der Waals surface area contributed by atoms with Crippen molar-refractivity contribution in [1.29, 1.82) is 0 Å². The van der Waals surface area contributed by atoms with Gasteiger partial charge in [0.25, 0.3) is 0 Å². The number of piperazine rings is 1. The Morgan fingerprint density at radius 3 is 2.45 bits per heavy atom. The summed E-state index contributed by atoms with van der Waals surface area (Å²) in [6.07, 6.45) is -5.36. The van der Waals surface area contributed by atoms with Crippen LogP contribution in [0.1, 0.15) is 18.0 Å². The molecule has 2 rings (SSSR count). The lowest BCUT2D eigenvalue weighted by atomic mass is 10.0. The van der Waals surface area contributed by atoms with Crippen LogP contribution in [0.3, 0.4) is 0 Å². The van der Waals surface area contributed by atoms with Gasteiger partial charge < -0.3 is 10.4 Å². The van der Waals surface area contributed by atoms with Crippen molar-refractivity contribution in [3.05, 3.63) is 29.6 Å². The highest BCUT2D eigenvalue weighted by molar-refractivity contribution is 5.30. The summed E-state index contributed by atoms with van der Waals surface area (Å²) in [6, 6.07) is 2.49. The molecule has 0 amide bonds. The highest BCUT2D eigenvalue weighted by Crippen LogP contribution is 2.35. The zero-order chi connectivity index (χ0) is 14.8. The van der Waals surface area contributed by atoms with Crippen molar-refractivity contribution >= 4 is 0 Å². The fourth-order valence-electron chi connectivity index (χ4n) is 2.40. The first kappa shape index (κ1) is 15.1. The van der Waals surface area contributed by atoms with E-state index in [4.69, 9.17) is 5.11 Å². The maximum absolute atomic E-state index is 13.4. The van der Waals surface area contributed by atoms with Crippen molar-refractivity contribution in [2.24, 2.45) is 0 Å². The molecule has 0 radical (unpaired) electrons. The summed E-state index contributed by atoms with van der Waals surface area (Å²) in [7, 11) is 0. The fourth-order valence-corrected chi connectivity index (χ4v) is 2.40. The molecule has 1 heterocycles. The molecular weight excluding hydrogens is 276 g/mol. The Hall–Kier alpha value is -1.34. The summed E-state index contributed by atoms with van der Waals surface area (Å²) in [4.78, 5) is 1.69. The van der Waals surface area contributed by atoms with E-state index in [0.29, 0.717) is 26.2 Å². The number of rotatable bonds is 3. The van der Waals surface area contributed by atoms with Crippen LogP contribution in [0.5, 0.6) is 5.75 Å². The predicted octanol–water partition coefficient (Wildman–Crippen LogP) is 2.43. The van der Waals surface area contributed by atoms with E-state index in [9.17, 15) is 17.6 Å². The Kier molecular flexibility index (Phi) is 4.49. The molecule has 0 aliphatic carbocycles. The largest absolute Gasteiger partial charge is 0.505 e. The molecule has 112 valence electrons. The normalized spacial score (nSPS) is 19.0. The monoisotopic (exact) mass is 292 g/mol. The third-order valence-corrected chi connectivity index (χ3v) is 3.37. The number of aromatic hydroxyl groups is 1. The number of hydrogen-bond acceptors (Lipinski definition) is 3. The number of benzene rings is 1. The van der Waals surface area contributed by atoms with E-state index in [-0.39, 0.29) is 5.56 Å². The van der Waals surface area contributed by atoms with Crippen LogP contribution in [0.4, 0.5) is 17.6 Å². The van der Waals surface area contributed by atoms with E-state index >= 15 is 0 Å². The molecule has 2 N–H and O–H groups in total. The Bertz CT molecular complexity index is 458. The first-order valence-electron chi connectivity index (χ1n) is 6.37. The van der Waals surface area contributed by atoms with Crippen molar-refractivity contribution in [2.75, 3.05) is 26.2 Å². The van der Waals surface area contributed by atoms with Gasteiger partial charge in [-0.25, -0.2) is 4.39 Å². The van der Waals surface area contributed by atoms with Crippen LogP contribution >= 0.6 is 0 Å². The van der Waals surface area contributed by atoms with Crippen molar-refractivity contribution in [2.45, 2.75) is 18.6 Å². The predicted molar refractivity (Wildman–Crippen MR) is 65.9 cm³/mol. The molecule has 0 unspecified atom stereocenters. The number of nitrogens with one attached hydrogen (secondary N) is 1. The second kappa shape index (κ2) is 5.97. The highest BCUT2D eigenvalue weighted by Gasteiger charge is 2.36. The van der Waals surface area contributed by atoms with Gasteiger partial charge in [-0.2, -0.15) is 13.2 Å². The van der Waals surface area contributed by atoms with Gasteiger partial charge in [-0.3, -0.25) is 4.90 Å². The van der Waals surface area contributed by atoms with Gasteiger partial charge in [0.2, 0.25) is 0 Å². The first-order valence-corrected chi connectivity index (χ1v) is 6.37. The summed E-state index contributed by atoms with van der Waals surface area (Å²) in [6.45, 7) is 2.16. The quantitative estimate of drug-likeness (QED) is 0.840. The molecule has 1 saturated heterocycles. The molecule has 1 aliphatic rings. The summed E-state index contributed by atoms with van der Waals surface area (Å²) < 4.78 is 51.6. The molecular formula is C13H16F4N2O. The molecule has 0 spiro atoms. The maximum atomic E-state index is 13.4. The summed E-state index contributed by atoms with van der Waals surface area (Å²) in [5, 5.41) is 12.2. The average molecular weight is 292 g/mol. The van der Waals surface area contributed by atoms with Gasteiger partial charge >= 0.3 is 6.18 Å². The Labute approximate surface area is 114 Å². The maximum Gasteiger partial charge on any atom is 0.390 e. The minimum Gasteiger partial charge on any atom is -0.505 e. The molecule has 1 atom stereocenters. The number of phenolic OH excluding ortho intramolecular Hbond substituents is 1. The smallest absolute Gasteiger partial charge is 0.390 e. The van der Waals surface area contributed by atoms with Crippen LogP contribution < -0.4 is 5.32 Å². The zero-order valence-corrected chi connectivity index (χ0v) is 10.8. The van der Waals surface area contributed by atoms with Gasteiger partial charge in [0.15, 0.2) is 11.6 Å². The molecule has 1 aliphatic heterocycles.